The number of carbonyl (C=O) groups excluding carboxylic acids is 2. The van der Waals surface area contributed by atoms with Gasteiger partial charge in [-0.1, -0.05) is 6.07 Å². The lowest BCUT2D eigenvalue weighted by molar-refractivity contribution is -0.142. The average Bonchev–Trinajstić information content (AvgIpc) is 3.23. The van der Waals surface area contributed by atoms with Crippen LogP contribution in [0.4, 0.5) is 11.5 Å². The van der Waals surface area contributed by atoms with Crippen LogP contribution in [0.2, 0.25) is 0 Å². The lowest BCUT2D eigenvalue weighted by atomic mass is 10.1. The maximum atomic E-state index is 13.5. The van der Waals surface area contributed by atoms with Crippen LogP contribution in [-0.2, 0) is 23.1 Å². The number of amides is 1. The molecular formula is C27H26N6O3. The molecule has 0 aliphatic carbocycles. The fourth-order valence-corrected chi connectivity index (χ4v) is 3.81. The third kappa shape index (κ3) is 5.50. The normalized spacial score (nSPS) is 10.6. The van der Waals surface area contributed by atoms with Gasteiger partial charge in [-0.2, -0.15) is 5.26 Å². The second-order valence-corrected chi connectivity index (χ2v) is 8.03. The van der Waals surface area contributed by atoms with Gasteiger partial charge < -0.3 is 14.6 Å². The first-order chi connectivity index (χ1) is 17.5. The Morgan fingerprint density at radius 2 is 1.94 bits per heavy atom. The summed E-state index contributed by atoms with van der Waals surface area (Å²) in [6.45, 7) is 2.65. The second kappa shape index (κ2) is 11.1. The van der Waals surface area contributed by atoms with E-state index >= 15 is 0 Å². The van der Waals surface area contributed by atoms with Crippen molar-refractivity contribution in [2.24, 2.45) is 7.05 Å². The summed E-state index contributed by atoms with van der Waals surface area (Å²) in [4.78, 5) is 35.9. The molecule has 0 saturated heterocycles. The van der Waals surface area contributed by atoms with Crippen molar-refractivity contribution in [2.75, 3.05) is 23.4 Å². The van der Waals surface area contributed by atoms with Gasteiger partial charge in [0.1, 0.15) is 11.6 Å². The number of nitriles is 1. The van der Waals surface area contributed by atoms with Crippen molar-refractivity contribution >= 4 is 34.4 Å². The Bertz CT molecular complexity index is 1410. The van der Waals surface area contributed by atoms with Crippen molar-refractivity contribution in [1.29, 1.82) is 5.26 Å². The van der Waals surface area contributed by atoms with Gasteiger partial charge in [0.2, 0.25) is 0 Å². The summed E-state index contributed by atoms with van der Waals surface area (Å²) >= 11 is 0. The van der Waals surface area contributed by atoms with Crippen LogP contribution in [0.3, 0.4) is 0 Å². The summed E-state index contributed by atoms with van der Waals surface area (Å²) in [7, 11) is 1.92. The summed E-state index contributed by atoms with van der Waals surface area (Å²) < 4.78 is 6.99. The Morgan fingerprint density at radius 3 is 2.64 bits per heavy atom. The van der Waals surface area contributed by atoms with E-state index in [0.717, 1.165) is 17.0 Å². The second-order valence-electron chi connectivity index (χ2n) is 8.03. The van der Waals surface area contributed by atoms with Gasteiger partial charge in [0.05, 0.1) is 42.2 Å². The molecule has 4 rings (SSSR count). The first-order valence-corrected chi connectivity index (χ1v) is 11.6. The van der Waals surface area contributed by atoms with Crippen LogP contribution in [0.25, 0.3) is 11.0 Å². The zero-order chi connectivity index (χ0) is 25.5. The molecule has 0 fully saturated rings. The lowest BCUT2D eigenvalue weighted by Crippen LogP contribution is -2.34. The van der Waals surface area contributed by atoms with E-state index in [4.69, 9.17) is 15.0 Å². The molecule has 182 valence electrons. The van der Waals surface area contributed by atoms with E-state index in [2.05, 4.69) is 16.4 Å². The summed E-state index contributed by atoms with van der Waals surface area (Å²) in [6, 6.07) is 20.0. The number of benzene rings is 2. The Morgan fingerprint density at radius 1 is 1.14 bits per heavy atom. The van der Waals surface area contributed by atoms with Gasteiger partial charge >= 0.3 is 5.97 Å². The molecule has 1 amide bonds. The highest BCUT2D eigenvalue weighted by Crippen LogP contribution is 2.21. The third-order valence-electron chi connectivity index (χ3n) is 5.70. The molecule has 0 radical (unpaired) electrons. The molecule has 2 aromatic carbocycles. The van der Waals surface area contributed by atoms with Gasteiger partial charge in [0.15, 0.2) is 0 Å². The van der Waals surface area contributed by atoms with E-state index < -0.39 is 0 Å². The number of anilines is 2. The first-order valence-electron chi connectivity index (χ1n) is 11.6. The number of hydrogen-bond acceptors (Lipinski definition) is 7. The van der Waals surface area contributed by atoms with E-state index in [1.165, 1.54) is 4.90 Å². The zero-order valence-corrected chi connectivity index (χ0v) is 20.1. The fraction of sp³-hybridized carbons (Fsp3) is 0.222. The number of ether oxygens (including phenoxy) is 1. The number of hydrogen-bond donors (Lipinski definition) is 1. The molecular weight excluding hydrogens is 456 g/mol. The highest BCUT2D eigenvalue weighted by atomic mass is 16.5. The van der Waals surface area contributed by atoms with Crippen molar-refractivity contribution in [1.82, 2.24) is 14.5 Å². The molecule has 0 spiro atoms. The van der Waals surface area contributed by atoms with Crippen LogP contribution in [-0.4, -0.2) is 39.6 Å². The quantitative estimate of drug-likeness (QED) is 0.358. The third-order valence-corrected chi connectivity index (χ3v) is 5.70. The number of nitrogens with one attached hydrogen (secondary N) is 1. The van der Waals surface area contributed by atoms with Crippen molar-refractivity contribution in [3.05, 3.63) is 83.8 Å². The fourth-order valence-electron chi connectivity index (χ4n) is 3.81. The highest BCUT2D eigenvalue weighted by molar-refractivity contribution is 6.07. The molecule has 4 aromatic rings. The van der Waals surface area contributed by atoms with Gasteiger partial charge in [0.25, 0.3) is 5.91 Å². The molecule has 0 unspecified atom stereocenters. The minimum absolute atomic E-state index is 0.0626. The summed E-state index contributed by atoms with van der Waals surface area (Å²) in [5.74, 6) is 0.608. The van der Waals surface area contributed by atoms with Gasteiger partial charge in [-0.05, 0) is 61.5 Å². The minimum atomic E-state index is -0.370. The molecule has 0 aliphatic rings. The Labute approximate surface area is 209 Å². The number of nitrogens with zero attached hydrogens (tertiary/aromatic N) is 5. The summed E-state index contributed by atoms with van der Waals surface area (Å²) in [6.07, 6.45) is 1.67. The topological polar surface area (TPSA) is 113 Å². The Hall–Kier alpha value is -4.71. The molecule has 0 atom stereocenters. The molecule has 36 heavy (non-hydrogen) atoms. The van der Waals surface area contributed by atoms with E-state index in [9.17, 15) is 9.59 Å². The van der Waals surface area contributed by atoms with Crippen molar-refractivity contribution in [3.8, 4) is 6.07 Å². The van der Waals surface area contributed by atoms with Gasteiger partial charge in [-0.25, -0.2) is 9.97 Å². The van der Waals surface area contributed by atoms with Crippen LogP contribution in [0, 0.1) is 11.3 Å². The molecule has 0 bridgehead atoms. The number of aromatic nitrogens is 3. The average molecular weight is 483 g/mol. The van der Waals surface area contributed by atoms with E-state index in [-0.39, 0.29) is 31.4 Å². The number of rotatable bonds is 9. The Balaban J connectivity index is 1.55. The molecule has 0 aliphatic heterocycles. The van der Waals surface area contributed by atoms with Crippen LogP contribution in [0.5, 0.6) is 0 Å². The maximum absolute atomic E-state index is 13.5. The smallest absolute Gasteiger partial charge is 0.307 e. The molecule has 9 nitrogen and oxygen atoms in total. The number of pyridine rings is 1. The number of aryl methyl sites for hydroxylation is 1. The maximum Gasteiger partial charge on any atom is 0.307 e. The molecule has 9 heteroatoms. The van der Waals surface area contributed by atoms with Gasteiger partial charge in [0, 0.05) is 31.0 Å². The van der Waals surface area contributed by atoms with E-state index in [1.807, 2.05) is 29.8 Å². The minimum Gasteiger partial charge on any atom is -0.466 e. The highest BCUT2D eigenvalue weighted by Gasteiger charge is 2.21. The molecule has 0 saturated carbocycles. The SMILES string of the molecule is CCOC(=O)CCN(C(=O)c1ccc2c(c1)nc(CNc1ccc(C#N)cc1)n2C)c1ccccn1. The van der Waals surface area contributed by atoms with E-state index in [1.54, 1.807) is 55.6 Å². The van der Waals surface area contributed by atoms with Crippen molar-refractivity contribution in [3.63, 3.8) is 0 Å². The molecule has 2 heterocycles. The standard InChI is InChI=1S/C27H26N6O3/c1-3-36-26(34)13-15-33(24-6-4-5-14-29-24)27(35)20-9-12-23-22(16-20)31-25(32(23)2)18-30-21-10-7-19(17-28)8-11-21/h4-12,14,16,30H,3,13,15,18H2,1-2H3. The zero-order valence-electron chi connectivity index (χ0n) is 20.1. The molecule has 2 aromatic heterocycles. The predicted molar refractivity (Wildman–Crippen MR) is 136 cm³/mol. The number of fused-ring (bicyclic) bond motifs is 1. The van der Waals surface area contributed by atoms with Gasteiger partial charge in [-0.15, -0.1) is 0 Å². The van der Waals surface area contributed by atoms with E-state index in [0.29, 0.717) is 29.0 Å². The number of esters is 1. The summed E-state index contributed by atoms with van der Waals surface area (Å²) in [5.41, 5.74) is 3.50. The number of carbonyl (C=O) groups is 2. The first kappa shape index (κ1) is 24.4. The van der Waals surface area contributed by atoms with Crippen molar-refractivity contribution < 1.29 is 14.3 Å². The largest absolute Gasteiger partial charge is 0.466 e. The van der Waals surface area contributed by atoms with Crippen LogP contribution in [0.1, 0.15) is 35.1 Å². The monoisotopic (exact) mass is 482 g/mol. The van der Waals surface area contributed by atoms with Crippen LogP contribution < -0.4 is 10.2 Å². The van der Waals surface area contributed by atoms with Crippen LogP contribution >= 0.6 is 0 Å². The van der Waals surface area contributed by atoms with Crippen LogP contribution in [0.15, 0.2) is 66.9 Å². The summed E-state index contributed by atoms with van der Waals surface area (Å²) in [5, 5.41) is 12.3. The number of imidazole rings is 1. The molecule has 1 N–H and O–H groups in total. The van der Waals surface area contributed by atoms with Crippen molar-refractivity contribution in [2.45, 2.75) is 19.9 Å². The Kier molecular flexibility index (Phi) is 7.56. The predicted octanol–water partition coefficient (Wildman–Crippen LogP) is 4.05. The lowest BCUT2D eigenvalue weighted by Gasteiger charge is -2.21. The van der Waals surface area contributed by atoms with Gasteiger partial charge in [-0.3, -0.25) is 14.5 Å².